The van der Waals surface area contributed by atoms with Crippen LogP contribution in [-0.2, 0) is 18.3 Å². The SMILES string of the molecule is C[C@H](Oc1cc(N2CCC[C@@H](O)C2)nc(-c2noc3c2CCC[C@@]32CCCc3sc(N)c(C#N)c32)n1)[C@@H]1CCCN1C. The van der Waals surface area contributed by atoms with Crippen LogP contribution in [0, 0.1) is 11.3 Å². The zero-order valence-electron chi connectivity index (χ0n) is 24.4. The third-order valence-corrected chi connectivity index (χ3v) is 11.0. The van der Waals surface area contributed by atoms with Gasteiger partial charge in [-0.2, -0.15) is 10.2 Å². The molecule has 42 heavy (non-hydrogen) atoms. The van der Waals surface area contributed by atoms with Crippen LogP contribution in [-0.4, -0.2) is 70.1 Å². The summed E-state index contributed by atoms with van der Waals surface area (Å²) in [6.07, 6.45) is 9.04. The number of rotatable bonds is 5. The van der Waals surface area contributed by atoms with E-state index in [0.29, 0.717) is 40.5 Å². The number of anilines is 2. The zero-order valence-corrected chi connectivity index (χ0v) is 25.3. The Bertz CT molecular complexity index is 1530. The summed E-state index contributed by atoms with van der Waals surface area (Å²) in [7, 11) is 2.15. The fourth-order valence-electron chi connectivity index (χ4n) is 7.92. The molecule has 1 spiro atoms. The maximum Gasteiger partial charge on any atom is 0.219 e. The van der Waals surface area contributed by atoms with Gasteiger partial charge in [0.2, 0.25) is 5.88 Å². The topological polar surface area (TPSA) is 138 Å². The van der Waals surface area contributed by atoms with Crippen molar-refractivity contribution in [3.63, 3.8) is 0 Å². The Hall–Kier alpha value is -3.20. The van der Waals surface area contributed by atoms with Crippen molar-refractivity contribution in [3.05, 3.63) is 33.4 Å². The number of ether oxygens (including phenoxy) is 1. The Labute approximate surface area is 250 Å². The first-order chi connectivity index (χ1) is 20.4. The Balaban J connectivity index is 1.31. The van der Waals surface area contributed by atoms with Gasteiger partial charge in [-0.3, -0.25) is 4.90 Å². The maximum atomic E-state index is 10.4. The predicted octanol–water partition coefficient (Wildman–Crippen LogP) is 4.43. The Morgan fingerprint density at radius 3 is 2.76 bits per heavy atom. The minimum absolute atomic E-state index is 0.0383. The van der Waals surface area contributed by atoms with Gasteiger partial charge in [-0.05, 0) is 90.3 Å². The van der Waals surface area contributed by atoms with Gasteiger partial charge in [0.15, 0.2) is 17.3 Å². The highest BCUT2D eigenvalue weighted by atomic mass is 32.1. The second kappa shape index (κ2) is 10.8. The minimum atomic E-state index is -0.402. The van der Waals surface area contributed by atoms with Gasteiger partial charge in [-0.15, -0.1) is 11.3 Å². The summed E-state index contributed by atoms with van der Waals surface area (Å²) < 4.78 is 12.8. The summed E-state index contributed by atoms with van der Waals surface area (Å²) in [5, 5.41) is 25.7. The van der Waals surface area contributed by atoms with Crippen LogP contribution in [0.5, 0.6) is 5.88 Å². The van der Waals surface area contributed by atoms with E-state index in [1.54, 1.807) is 11.3 Å². The zero-order chi connectivity index (χ0) is 29.0. The fourth-order valence-corrected chi connectivity index (χ4v) is 9.08. The summed E-state index contributed by atoms with van der Waals surface area (Å²) in [6, 6.07) is 4.63. The number of nitrogen functional groups attached to an aromatic ring is 1. The molecule has 2 saturated heterocycles. The molecule has 2 fully saturated rings. The molecule has 0 amide bonds. The highest BCUT2D eigenvalue weighted by molar-refractivity contribution is 7.16. The van der Waals surface area contributed by atoms with Crippen LogP contribution >= 0.6 is 11.3 Å². The number of aliphatic hydroxyl groups is 1. The normalized spacial score (nSPS) is 26.6. The van der Waals surface area contributed by atoms with Crippen LogP contribution in [0.1, 0.15) is 85.6 Å². The highest BCUT2D eigenvalue weighted by Gasteiger charge is 2.49. The van der Waals surface area contributed by atoms with Gasteiger partial charge in [0.05, 0.1) is 17.1 Å². The molecule has 3 N–H and O–H groups in total. The van der Waals surface area contributed by atoms with E-state index in [-0.39, 0.29) is 12.2 Å². The summed E-state index contributed by atoms with van der Waals surface area (Å²) in [5.74, 6) is 2.57. The van der Waals surface area contributed by atoms with E-state index in [2.05, 4.69) is 35.0 Å². The first-order valence-corrected chi connectivity index (χ1v) is 16.2. The minimum Gasteiger partial charge on any atom is -0.473 e. The van der Waals surface area contributed by atoms with Crippen LogP contribution < -0.4 is 15.4 Å². The number of aromatic nitrogens is 3. The lowest BCUT2D eigenvalue weighted by atomic mass is 9.63. The molecule has 0 radical (unpaired) electrons. The molecule has 3 aromatic rings. The average molecular weight is 590 g/mol. The van der Waals surface area contributed by atoms with E-state index < -0.39 is 5.41 Å². The molecule has 5 heterocycles. The number of likely N-dealkylation sites (N-methyl/N-ethyl adjacent to an activating group) is 1. The number of fused-ring (bicyclic) bond motifs is 4. The summed E-state index contributed by atoms with van der Waals surface area (Å²) in [6.45, 7) is 4.52. The summed E-state index contributed by atoms with van der Waals surface area (Å²) >= 11 is 1.55. The smallest absolute Gasteiger partial charge is 0.219 e. The molecule has 10 nitrogen and oxygen atoms in total. The molecule has 0 aromatic carbocycles. The van der Waals surface area contributed by atoms with Crippen molar-refractivity contribution in [2.24, 2.45) is 0 Å². The highest BCUT2D eigenvalue weighted by Crippen LogP contribution is 2.55. The van der Waals surface area contributed by atoms with Crippen molar-refractivity contribution in [3.8, 4) is 23.5 Å². The number of hydrogen-bond donors (Lipinski definition) is 2. The van der Waals surface area contributed by atoms with Gasteiger partial charge in [0.25, 0.3) is 0 Å². The van der Waals surface area contributed by atoms with Crippen molar-refractivity contribution < 1.29 is 14.4 Å². The Morgan fingerprint density at radius 1 is 1.19 bits per heavy atom. The van der Waals surface area contributed by atoms with Crippen molar-refractivity contribution in [2.75, 3.05) is 37.3 Å². The first-order valence-electron chi connectivity index (χ1n) is 15.4. The standard InChI is InChI=1S/C31H39N7O3S/c1-18(22-9-6-13-37(22)2)40-25-15-24(38-14-5-7-19(39)17-38)34-30(35-25)27-20-8-3-11-31(28(20)41-36-27)12-4-10-23-26(31)21(16-32)29(33)42-23/h15,18-19,22,39H,3-14,17,33H2,1-2H3/t18-,19+,22-,31-/m0/s1. The number of aliphatic hydroxyl groups excluding tert-OH is 1. The van der Waals surface area contributed by atoms with Gasteiger partial charge in [-0.1, -0.05) is 5.16 Å². The number of hydrogen-bond acceptors (Lipinski definition) is 11. The van der Waals surface area contributed by atoms with E-state index in [0.717, 1.165) is 93.6 Å². The van der Waals surface area contributed by atoms with Crippen LogP contribution in [0.25, 0.3) is 11.5 Å². The quantitative estimate of drug-likeness (QED) is 0.440. The average Bonchev–Trinajstić information content (AvgIpc) is 3.70. The number of nitrogens with zero attached hydrogens (tertiary/aromatic N) is 6. The van der Waals surface area contributed by atoms with E-state index >= 15 is 0 Å². The van der Waals surface area contributed by atoms with Gasteiger partial charge < -0.3 is 25.0 Å². The van der Waals surface area contributed by atoms with E-state index in [4.69, 9.17) is 25.0 Å². The number of piperidine rings is 1. The van der Waals surface area contributed by atoms with Gasteiger partial charge in [-0.25, -0.2) is 4.98 Å². The predicted molar refractivity (Wildman–Crippen MR) is 161 cm³/mol. The number of nitriles is 1. The molecule has 0 unspecified atom stereocenters. The second-order valence-electron chi connectivity index (χ2n) is 12.5. The molecular formula is C31H39N7O3S. The van der Waals surface area contributed by atoms with Gasteiger partial charge in [0, 0.05) is 35.6 Å². The Morgan fingerprint density at radius 2 is 2.00 bits per heavy atom. The van der Waals surface area contributed by atoms with E-state index in [9.17, 15) is 10.4 Å². The van der Waals surface area contributed by atoms with E-state index in [1.165, 1.54) is 11.3 Å². The molecule has 7 rings (SSSR count). The lowest BCUT2D eigenvalue weighted by molar-refractivity contribution is 0.117. The monoisotopic (exact) mass is 589 g/mol. The number of nitrogens with two attached hydrogens (primary N) is 1. The number of β-amino-alcohol motifs (C(OH)–C–C–N with tert-alkyl or cyclic N) is 1. The van der Waals surface area contributed by atoms with Crippen LogP contribution in [0.15, 0.2) is 10.6 Å². The Kier molecular flexibility index (Phi) is 7.11. The maximum absolute atomic E-state index is 10.4. The van der Waals surface area contributed by atoms with Crippen molar-refractivity contribution in [1.29, 1.82) is 5.26 Å². The molecule has 4 atom stereocenters. The molecular weight excluding hydrogens is 550 g/mol. The summed E-state index contributed by atoms with van der Waals surface area (Å²) in [5.41, 5.74) is 9.26. The molecule has 222 valence electrons. The summed E-state index contributed by atoms with van der Waals surface area (Å²) in [4.78, 5) is 15.6. The third-order valence-electron chi connectivity index (χ3n) is 9.91. The molecule has 4 aliphatic rings. The first kappa shape index (κ1) is 27.6. The molecule has 2 aliphatic carbocycles. The van der Waals surface area contributed by atoms with Gasteiger partial charge in [0.1, 0.15) is 23.0 Å². The second-order valence-corrected chi connectivity index (χ2v) is 13.7. The molecule has 11 heteroatoms. The largest absolute Gasteiger partial charge is 0.473 e. The number of thiophene rings is 1. The lowest BCUT2D eigenvalue weighted by Gasteiger charge is -2.39. The third kappa shape index (κ3) is 4.55. The van der Waals surface area contributed by atoms with Crippen molar-refractivity contribution in [2.45, 2.75) is 94.8 Å². The fraction of sp³-hybridized carbons (Fsp3) is 0.613. The van der Waals surface area contributed by atoms with Crippen molar-refractivity contribution in [1.82, 2.24) is 20.0 Å². The molecule has 0 saturated carbocycles. The number of aryl methyl sites for hydroxylation is 1. The number of likely N-dealkylation sites (tertiary alicyclic amines) is 1. The van der Waals surface area contributed by atoms with Crippen LogP contribution in [0.3, 0.4) is 0 Å². The van der Waals surface area contributed by atoms with Crippen molar-refractivity contribution >= 4 is 22.2 Å². The molecule has 2 aliphatic heterocycles. The van der Waals surface area contributed by atoms with Crippen LogP contribution in [0.2, 0.25) is 0 Å². The molecule has 0 bridgehead atoms. The van der Waals surface area contributed by atoms with Crippen LogP contribution in [0.4, 0.5) is 10.8 Å². The molecule has 3 aromatic heterocycles. The lowest BCUT2D eigenvalue weighted by Crippen LogP contribution is -2.39. The van der Waals surface area contributed by atoms with E-state index in [1.807, 2.05) is 6.07 Å². The van der Waals surface area contributed by atoms with Gasteiger partial charge >= 0.3 is 0 Å².